The van der Waals surface area contributed by atoms with Crippen molar-refractivity contribution in [1.29, 1.82) is 0 Å². The number of carbonyl (C=O) groups is 1. The SMILES string of the molecule is CC.Cc1nn(/C=C\N(C)C)c(C=O)c1Cc1cc(F)ccc1Cl. The number of carbonyl (C=O) groups excluding carboxylic acids is 1. The van der Waals surface area contributed by atoms with Crippen molar-refractivity contribution in [3.63, 3.8) is 0 Å². The Morgan fingerprint density at radius 2 is 2.00 bits per heavy atom. The molecule has 1 aromatic heterocycles. The molecular weight excluding hydrogens is 329 g/mol. The summed E-state index contributed by atoms with van der Waals surface area (Å²) in [6.07, 6.45) is 4.60. The molecule has 0 amide bonds. The minimum atomic E-state index is -0.357. The van der Waals surface area contributed by atoms with Crippen LogP contribution in [0.15, 0.2) is 24.4 Å². The van der Waals surface area contributed by atoms with E-state index in [4.69, 9.17) is 11.6 Å². The maximum atomic E-state index is 13.4. The fourth-order valence-electron chi connectivity index (χ4n) is 2.12. The highest BCUT2D eigenvalue weighted by Crippen LogP contribution is 2.23. The molecule has 1 heterocycles. The number of halogens is 2. The van der Waals surface area contributed by atoms with Crippen LogP contribution < -0.4 is 0 Å². The quantitative estimate of drug-likeness (QED) is 0.749. The van der Waals surface area contributed by atoms with Crippen LogP contribution in [0.25, 0.3) is 6.20 Å². The molecule has 0 radical (unpaired) electrons. The second-order valence-electron chi connectivity index (χ2n) is 5.19. The standard InChI is InChI=1S/C16H17ClFN3O.C2H6/c1-11-14(9-12-8-13(18)4-5-15(12)17)16(10-22)21(19-11)7-6-20(2)3;1-2/h4-8,10H,9H2,1-3H3;1-2H3/b7-6-;. The van der Waals surface area contributed by atoms with Gasteiger partial charge in [0.1, 0.15) is 11.5 Å². The number of aromatic nitrogens is 2. The number of aryl methyl sites for hydroxylation is 1. The number of aldehydes is 1. The monoisotopic (exact) mass is 351 g/mol. The average molecular weight is 352 g/mol. The van der Waals surface area contributed by atoms with Gasteiger partial charge in [-0.2, -0.15) is 5.10 Å². The van der Waals surface area contributed by atoms with Gasteiger partial charge < -0.3 is 4.90 Å². The molecule has 0 aliphatic heterocycles. The second-order valence-corrected chi connectivity index (χ2v) is 5.59. The maximum Gasteiger partial charge on any atom is 0.168 e. The summed E-state index contributed by atoms with van der Waals surface area (Å²) in [6, 6.07) is 4.20. The van der Waals surface area contributed by atoms with E-state index in [9.17, 15) is 9.18 Å². The molecule has 24 heavy (non-hydrogen) atoms. The van der Waals surface area contributed by atoms with Crippen molar-refractivity contribution >= 4 is 24.1 Å². The third kappa shape index (κ3) is 4.93. The van der Waals surface area contributed by atoms with Crippen LogP contribution in [-0.2, 0) is 6.42 Å². The molecule has 0 N–H and O–H groups in total. The van der Waals surface area contributed by atoms with Crippen LogP contribution in [0.1, 0.15) is 41.2 Å². The van der Waals surface area contributed by atoms with Gasteiger partial charge in [-0.15, -0.1) is 0 Å². The summed E-state index contributed by atoms with van der Waals surface area (Å²) in [5, 5.41) is 4.80. The normalized spacial score (nSPS) is 10.5. The predicted octanol–water partition coefficient (Wildman–Crippen LogP) is 4.40. The Balaban J connectivity index is 0.00000139. The van der Waals surface area contributed by atoms with Crippen molar-refractivity contribution in [2.24, 2.45) is 0 Å². The summed E-state index contributed by atoms with van der Waals surface area (Å²) < 4.78 is 14.9. The summed E-state index contributed by atoms with van der Waals surface area (Å²) in [4.78, 5) is 13.3. The number of hydrogen-bond acceptors (Lipinski definition) is 3. The first kappa shape index (κ1) is 19.9. The van der Waals surface area contributed by atoms with Gasteiger partial charge in [-0.05, 0) is 30.7 Å². The van der Waals surface area contributed by atoms with E-state index in [-0.39, 0.29) is 5.82 Å². The minimum absolute atomic E-state index is 0.353. The Morgan fingerprint density at radius 3 is 2.58 bits per heavy atom. The molecule has 2 rings (SSSR count). The Morgan fingerprint density at radius 1 is 1.33 bits per heavy atom. The Kier molecular flexibility index (Phi) is 7.65. The first-order valence-electron chi connectivity index (χ1n) is 7.74. The molecule has 0 spiro atoms. The van der Waals surface area contributed by atoms with Crippen LogP contribution in [0.3, 0.4) is 0 Å². The zero-order valence-electron chi connectivity index (χ0n) is 14.7. The van der Waals surface area contributed by atoms with Crippen molar-refractivity contribution in [3.8, 4) is 0 Å². The topological polar surface area (TPSA) is 38.1 Å². The molecule has 1 aromatic carbocycles. The van der Waals surface area contributed by atoms with E-state index in [0.717, 1.165) is 11.8 Å². The highest BCUT2D eigenvalue weighted by molar-refractivity contribution is 6.31. The van der Waals surface area contributed by atoms with E-state index in [0.29, 0.717) is 28.4 Å². The van der Waals surface area contributed by atoms with Gasteiger partial charge in [-0.3, -0.25) is 4.79 Å². The predicted molar refractivity (Wildman–Crippen MR) is 96.9 cm³/mol. The zero-order valence-corrected chi connectivity index (χ0v) is 15.4. The zero-order chi connectivity index (χ0) is 18.3. The molecule has 0 aliphatic rings. The first-order valence-corrected chi connectivity index (χ1v) is 8.12. The average Bonchev–Trinajstić information content (AvgIpc) is 2.86. The number of benzene rings is 1. The fraction of sp³-hybridized carbons (Fsp3) is 0.333. The van der Waals surface area contributed by atoms with Gasteiger partial charge in [-0.1, -0.05) is 25.4 Å². The van der Waals surface area contributed by atoms with E-state index in [2.05, 4.69) is 5.10 Å². The number of nitrogens with zero attached hydrogens (tertiary/aromatic N) is 3. The van der Waals surface area contributed by atoms with Crippen molar-refractivity contribution in [2.45, 2.75) is 27.2 Å². The smallest absolute Gasteiger partial charge is 0.168 e. The van der Waals surface area contributed by atoms with Gasteiger partial charge in [0.05, 0.1) is 5.69 Å². The lowest BCUT2D eigenvalue weighted by atomic mass is 10.0. The molecule has 2 aromatic rings. The summed E-state index contributed by atoms with van der Waals surface area (Å²) in [5.74, 6) is -0.357. The second kappa shape index (κ2) is 9.23. The summed E-state index contributed by atoms with van der Waals surface area (Å²) in [6.45, 7) is 5.82. The fourth-order valence-corrected chi connectivity index (χ4v) is 2.31. The Labute approximate surface area is 147 Å². The van der Waals surface area contributed by atoms with Crippen LogP contribution in [0.4, 0.5) is 4.39 Å². The summed E-state index contributed by atoms with van der Waals surface area (Å²) in [7, 11) is 3.75. The van der Waals surface area contributed by atoms with E-state index in [1.807, 2.05) is 39.8 Å². The molecule has 0 saturated heterocycles. The lowest BCUT2D eigenvalue weighted by Crippen LogP contribution is -2.04. The van der Waals surface area contributed by atoms with Gasteiger partial charge in [0, 0.05) is 43.5 Å². The lowest BCUT2D eigenvalue weighted by Gasteiger charge is -2.06. The maximum absolute atomic E-state index is 13.4. The first-order chi connectivity index (χ1) is 11.4. The molecule has 130 valence electrons. The summed E-state index contributed by atoms with van der Waals surface area (Å²) >= 11 is 6.10. The Bertz CT molecular complexity index is 723. The van der Waals surface area contributed by atoms with E-state index in [1.165, 1.54) is 22.9 Å². The van der Waals surface area contributed by atoms with Crippen molar-refractivity contribution in [1.82, 2.24) is 14.7 Å². The van der Waals surface area contributed by atoms with Gasteiger partial charge in [0.15, 0.2) is 6.29 Å². The molecular formula is C18H23ClFN3O. The molecule has 0 fully saturated rings. The third-order valence-corrected chi connectivity index (χ3v) is 3.61. The van der Waals surface area contributed by atoms with Crippen LogP contribution in [0, 0.1) is 12.7 Å². The van der Waals surface area contributed by atoms with Crippen LogP contribution in [-0.4, -0.2) is 35.1 Å². The lowest BCUT2D eigenvalue weighted by molar-refractivity contribution is 0.111. The molecule has 0 bridgehead atoms. The van der Waals surface area contributed by atoms with E-state index >= 15 is 0 Å². The summed E-state index contributed by atoms with van der Waals surface area (Å²) in [5.41, 5.74) is 2.52. The van der Waals surface area contributed by atoms with Crippen LogP contribution >= 0.6 is 11.6 Å². The molecule has 0 atom stereocenters. The highest BCUT2D eigenvalue weighted by Gasteiger charge is 2.15. The molecule has 6 heteroatoms. The minimum Gasteiger partial charge on any atom is -0.382 e. The number of rotatable bonds is 5. The van der Waals surface area contributed by atoms with Gasteiger partial charge >= 0.3 is 0 Å². The van der Waals surface area contributed by atoms with Crippen LogP contribution in [0.2, 0.25) is 5.02 Å². The molecule has 0 saturated carbocycles. The van der Waals surface area contributed by atoms with Gasteiger partial charge in [0.2, 0.25) is 0 Å². The van der Waals surface area contributed by atoms with Gasteiger partial charge in [-0.25, -0.2) is 9.07 Å². The third-order valence-electron chi connectivity index (χ3n) is 3.24. The van der Waals surface area contributed by atoms with E-state index < -0.39 is 0 Å². The van der Waals surface area contributed by atoms with E-state index in [1.54, 1.807) is 12.4 Å². The van der Waals surface area contributed by atoms with Crippen molar-refractivity contribution in [2.75, 3.05) is 14.1 Å². The van der Waals surface area contributed by atoms with Crippen LogP contribution in [0.5, 0.6) is 0 Å². The Hall–Kier alpha value is -2.14. The largest absolute Gasteiger partial charge is 0.382 e. The molecule has 4 nitrogen and oxygen atoms in total. The molecule has 0 aliphatic carbocycles. The highest BCUT2D eigenvalue weighted by atomic mass is 35.5. The van der Waals surface area contributed by atoms with Gasteiger partial charge in [0.25, 0.3) is 0 Å². The number of hydrogen-bond donors (Lipinski definition) is 0. The van der Waals surface area contributed by atoms with Crippen molar-refractivity contribution < 1.29 is 9.18 Å². The molecule has 0 unspecified atom stereocenters. The van der Waals surface area contributed by atoms with Crippen molar-refractivity contribution in [3.05, 3.63) is 57.8 Å².